The third-order valence-electron chi connectivity index (χ3n) is 4.64. The number of carboxylic acid groups (broad SMARTS) is 1. The van der Waals surface area contributed by atoms with Gasteiger partial charge in [-0.25, -0.2) is 4.39 Å². The van der Waals surface area contributed by atoms with Gasteiger partial charge in [-0.1, -0.05) is 17.7 Å². The average molecular weight is 368 g/mol. The van der Waals surface area contributed by atoms with Crippen LogP contribution in [-0.2, 0) is 9.59 Å². The lowest BCUT2D eigenvalue weighted by Gasteiger charge is -2.45. The Morgan fingerprint density at radius 1 is 1.44 bits per heavy atom. The predicted octanol–water partition coefficient (Wildman–Crippen LogP) is 2.66. The molecular weight excluding hydrogens is 349 g/mol. The normalized spacial score (nSPS) is 18.2. The highest BCUT2D eigenvalue weighted by Crippen LogP contribution is 2.38. The maximum Gasteiger partial charge on any atom is 0.320 e. The van der Waals surface area contributed by atoms with Crippen LogP contribution in [0.2, 0.25) is 5.02 Å². The van der Waals surface area contributed by atoms with Crippen molar-refractivity contribution in [1.29, 1.82) is 5.26 Å². The number of para-hydroxylation sites is 1. The molecule has 0 bridgehead atoms. The molecule has 0 aromatic heterocycles. The molecule has 8 heteroatoms. The van der Waals surface area contributed by atoms with Crippen LogP contribution in [0.5, 0.6) is 0 Å². The first-order valence-electron chi connectivity index (χ1n) is 7.86. The summed E-state index contributed by atoms with van der Waals surface area (Å²) in [5.41, 5.74) is -1.38. The molecule has 0 radical (unpaired) electrons. The fraction of sp³-hybridized carbons (Fsp3) is 0.471. The van der Waals surface area contributed by atoms with Gasteiger partial charge in [-0.15, -0.1) is 0 Å². The van der Waals surface area contributed by atoms with Gasteiger partial charge in [0, 0.05) is 20.0 Å². The number of nitriles is 1. The van der Waals surface area contributed by atoms with Gasteiger partial charge in [0.2, 0.25) is 5.91 Å². The van der Waals surface area contributed by atoms with Gasteiger partial charge >= 0.3 is 5.97 Å². The second-order valence-electron chi connectivity index (χ2n) is 6.12. The molecule has 1 amide bonds. The molecule has 1 aliphatic rings. The molecule has 1 aromatic carbocycles. The second kappa shape index (κ2) is 7.38. The van der Waals surface area contributed by atoms with Crippen molar-refractivity contribution in [3.05, 3.63) is 29.0 Å². The SMILES string of the molecule is CC(=O)N(c1c(F)cccc1Cl)C1(C#N)CCN(C(C)C(=O)O)CC1. The van der Waals surface area contributed by atoms with Crippen LogP contribution in [0.1, 0.15) is 26.7 Å². The second-order valence-corrected chi connectivity index (χ2v) is 6.53. The Balaban J connectivity index is 2.39. The van der Waals surface area contributed by atoms with Gasteiger partial charge in [-0.2, -0.15) is 5.26 Å². The van der Waals surface area contributed by atoms with E-state index in [2.05, 4.69) is 6.07 Å². The molecule has 1 N–H and O–H groups in total. The number of halogens is 2. The van der Waals surface area contributed by atoms with E-state index < -0.39 is 29.3 Å². The number of nitrogens with zero attached hydrogens (tertiary/aromatic N) is 3. The summed E-state index contributed by atoms with van der Waals surface area (Å²) >= 11 is 6.10. The molecule has 1 aromatic rings. The topological polar surface area (TPSA) is 84.6 Å². The van der Waals surface area contributed by atoms with Gasteiger partial charge in [0.1, 0.15) is 17.4 Å². The summed E-state index contributed by atoms with van der Waals surface area (Å²) in [5.74, 6) is -2.13. The number of benzene rings is 1. The average Bonchev–Trinajstić information content (AvgIpc) is 2.57. The zero-order chi connectivity index (χ0) is 18.8. The molecule has 0 saturated carbocycles. The maximum atomic E-state index is 14.4. The fourth-order valence-electron chi connectivity index (χ4n) is 3.20. The summed E-state index contributed by atoms with van der Waals surface area (Å²) in [6.45, 7) is 3.43. The lowest BCUT2D eigenvalue weighted by Crippen LogP contribution is -2.58. The van der Waals surface area contributed by atoms with Gasteiger partial charge in [0.15, 0.2) is 0 Å². The van der Waals surface area contributed by atoms with Gasteiger partial charge in [-0.05, 0) is 31.9 Å². The quantitative estimate of drug-likeness (QED) is 0.884. The third kappa shape index (κ3) is 3.60. The number of anilines is 1. The van der Waals surface area contributed by atoms with Crippen molar-refractivity contribution in [3.63, 3.8) is 0 Å². The highest BCUT2D eigenvalue weighted by molar-refractivity contribution is 6.33. The summed E-state index contributed by atoms with van der Waals surface area (Å²) in [6, 6.07) is 5.52. The Bertz CT molecular complexity index is 706. The zero-order valence-corrected chi connectivity index (χ0v) is 14.8. The number of rotatable bonds is 4. The van der Waals surface area contributed by atoms with Crippen LogP contribution in [0.3, 0.4) is 0 Å². The first-order chi connectivity index (χ1) is 11.7. The molecule has 134 valence electrons. The van der Waals surface area contributed by atoms with Gasteiger partial charge in [-0.3, -0.25) is 19.4 Å². The molecule has 0 aliphatic carbocycles. The standard InChI is InChI=1S/C17H19ClFN3O3/c1-11(16(24)25)21-8-6-17(10-20,7-9-21)22(12(2)23)15-13(18)4-3-5-14(15)19/h3-5,11H,6-9H2,1-2H3,(H,24,25). The van der Waals surface area contributed by atoms with Crippen molar-refractivity contribution < 1.29 is 19.1 Å². The Kier molecular flexibility index (Phi) is 5.65. The third-order valence-corrected chi connectivity index (χ3v) is 4.95. The lowest BCUT2D eigenvalue weighted by atomic mass is 9.85. The number of likely N-dealkylation sites (tertiary alicyclic amines) is 1. The summed E-state index contributed by atoms with van der Waals surface area (Å²) in [4.78, 5) is 26.3. The van der Waals surface area contributed by atoms with Crippen molar-refractivity contribution in [2.45, 2.75) is 38.3 Å². The largest absolute Gasteiger partial charge is 0.480 e. The number of carbonyl (C=O) groups is 2. The number of hydrogen-bond acceptors (Lipinski definition) is 4. The molecule has 2 rings (SSSR count). The van der Waals surface area contributed by atoms with E-state index in [-0.39, 0.29) is 23.6 Å². The van der Waals surface area contributed by atoms with Crippen molar-refractivity contribution in [2.75, 3.05) is 18.0 Å². The number of amides is 1. The number of carboxylic acids is 1. The van der Waals surface area contributed by atoms with E-state index in [1.54, 1.807) is 11.8 Å². The van der Waals surface area contributed by atoms with Crippen molar-refractivity contribution in [3.8, 4) is 6.07 Å². The minimum absolute atomic E-state index is 0.0474. The summed E-state index contributed by atoms with van der Waals surface area (Å²) in [6.07, 6.45) is 0.400. The van der Waals surface area contributed by atoms with Crippen LogP contribution >= 0.6 is 11.6 Å². The highest BCUT2D eigenvalue weighted by Gasteiger charge is 2.45. The number of hydrogen-bond donors (Lipinski definition) is 1. The van der Waals surface area contributed by atoms with E-state index in [9.17, 15) is 19.2 Å². The Morgan fingerprint density at radius 3 is 2.48 bits per heavy atom. The Hall–Kier alpha value is -2.17. The van der Waals surface area contributed by atoms with Crippen LogP contribution in [-0.4, -0.2) is 46.6 Å². The molecule has 0 spiro atoms. The molecule has 25 heavy (non-hydrogen) atoms. The van der Waals surface area contributed by atoms with Crippen molar-refractivity contribution >= 4 is 29.2 Å². The Morgan fingerprint density at radius 2 is 2.04 bits per heavy atom. The lowest BCUT2D eigenvalue weighted by molar-refractivity contribution is -0.143. The molecule has 1 fully saturated rings. The molecular formula is C17H19ClFN3O3. The van der Waals surface area contributed by atoms with Crippen molar-refractivity contribution in [2.24, 2.45) is 0 Å². The number of piperidine rings is 1. The van der Waals surface area contributed by atoms with E-state index in [1.165, 1.54) is 25.1 Å². The summed E-state index contributed by atoms with van der Waals surface area (Å²) in [5, 5.41) is 19.0. The van der Waals surface area contributed by atoms with Gasteiger partial charge in [0.05, 0.1) is 16.8 Å². The molecule has 6 nitrogen and oxygen atoms in total. The van der Waals surface area contributed by atoms with E-state index >= 15 is 0 Å². The van der Waals surface area contributed by atoms with Crippen LogP contribution in [0, 0.1) is 17.1 Å². The minimum atomic E-state index is -1.27. The van der Waals surface area contributed by atoms with Crippen molar-refractivity contribution in [1.82, 2.24) is 4.90 Å². The minimum Gasteiger partial charge on any atom is -0.480 e. The van der Waals surface area contributed by atoms with Crippen LogP contribution in [0.4, 0.5) is 10.1 Å². The van der Waals surface area contributed by atoms with E-state index in [1.807, 2.05) is 0 Å². The van der Waals surface area contributed by atoms with Crippen LogP contribution < -0.4 is 4.90 Å². The van der Waals surface area contributed by atoms with Crippen LogP contribution in [0.25, 0.3) is 0 Å². The van der Waals surface area contributed by atoms with Gasteiger partial charge in [0.25, 0.3) is 0 Å². The highest BCUT2D eigenvalue weighted by atomic mass is 35.5. The predicted molar refractivity (Wildman–Crippen MR) is 90.8 cm³/mol. The Labute approximate surface area is 150 Å². The van der Waals surface area contributed by atoms with Crippen LogP contribution in [0.15, 0.2) is 18.2 Å². The maximum absolute atomic E-state index is 14.4. The number of aliphatic carboxylic acids is 1. The summed E-state index contributed by atoms with van der Waals surface area (Å²) < 4.78 is 14.4. The van der Waals surface area contributed by atoms with E-state index in [0.717, 1.165) is 4.90 Å². The van der Waals surface area contributed by atoms with E-state index in [0.29, 0.717) is 13.1 Å². The molecule has 1 atom stereocenters. The zero-order valence-electron chi connectivity index (χ0n) is 14.0. The molecule has 1 aliphatic heterocycles. The first-order valence-corrected chi connectivity index (χ1v) is 8.24. The monoisotopic (exact) mass is 367 g/mol. The molecule has 1 unspecified atom stereocenters. The first kappa shape index (κ1) is 19.2. The summed E-state index contributed by atoms with van der Waals surface area (Å²) in [7, 11) is 0. The molecule has 1 heterocycles. The fourth-order valence-corrected chi connectivity index (χ4v) is 3.45. The van der Waals surface area contributed by atoms with Gasteiger partial charge < -0.3 is 5.11 Å². The molecule has 1 saturated heterocycles. The number of carbonyl (C=O) groups excluding carboxylic acids is 1. The smallest absolute Gasteiger partial charge is 0.320 e. The van der Waals surface area contributed by atoms with E-state index in [4.69, 9.17) is 16.7 Å².